The SMILES string of the molecule is N#Cc1ccc(-c2c(C#N)c(-c3ccc(C#N)cc3)c(-n3c4ccccc4c4cc(N(c5ccccc5)c5ccccc5)ccc43)c(-c3ccc(C#N)cc3)c2-n2c3c(c4ccccc42)C[C@H](N(c2ccccc2)c2ccccc2)C=C3)cc1. The maximum atomic E-state index is 12.4. The molecular formula is C76H48N8. The summed E-state index contributed by atoms with van der Waals surface area (Å²) in [5.74, 6) is 0. The van der Waals surface area contributed by atoms with Gasteiger partial charge >= 0.3 is 0 Å². The first kappa shape index (κ1) is 50.3. The van der Waals surface area contributed by atoms with Gasteiger partial charge in [-0.25, -0.2) is 0 Å². The molecule has 2 heterocycles. The molecule has 0 saturated carbocycles. The molecule has 0 radical (unpaired) electrons. The number of hydrogen-bond acceptors (Lipinski definition) is 6. The third kappa shape index (κ3) is 8.52. The van der Waals surface area contributed by atoms with Crippen molar-refractivity contribution in [1.82, 2.24) is 9.13 Å². The summed E-state index contributed by atoms with van der Waals surface area (Å²) in [5.41, 5.74) is 17.7. The van der Waals surface area contributed by atoms with Crippen molar-refractivity contribution in [3.05, 3.63) is 300 Å². The van der Waals surface area contributed by atoms with Crippen molar-refractivity contribution >= 4 is 67.2 Å². The summed E-state index contributed by atoms with van der Waals surface area (Å²) in [6.07, 6.45) is 5.21. The Morgan fingerprint density at radius 1 is 0.357 bits per heavy atom. The first-order chi connectivity index (χ1) is 41.5. The lowest BCUT2D eigenvalue weighted by Crippen LogP contribution is -2.33. The molecule has 1 aliphatic rings. The predicted molar refractivity (Wildman–Crippen MR) is 339 cm³/mol. The molecular weight excluding hydrogens is 1020 g/mol. The van der Waals surface area contributed by atoms with Crippen LogP contribution in [0.4, 0.5) is 28.4 Å². The van der Waals surface area contributed by atoms with Crippen molar-refractivity contribution in [3.63, 3.8) is 0 Å². The number of hydrogen-bond donors (Lipinski definition) is 0. The fraction of sp³-hybridized carbons (Fsp3) is 0.0263. The van der Waals surface area contributed by atoms with Crippen molar-refractivity contribution in [2.75, 3.05) is 9.80 Å². The van der Waals surface area contributed by atoms with E-state index in [0.29, 0.717) is 39.8 Å². The Balaban J connectivity index is 1.15. The zero-order valence-electron chi connectivity index (χ0n) is 45.3. The molecule has 8 heteroatoms. The first-order valence-electron chi connectivity index (χ1n) is 27.8. The molecule has 0 aliphatic heterocycles. The average Bonchev–Trinajstić information content (AvgIpc) is 1.94. The van der Waals surface area contributed by atoms with E-state index in [1.54, 1.807) is 0 Å². The number of aromatic nitrogens is 2. The molecule has 0 fully saturated rings. The van der Waals surface area contributed by atoms with Gasteiger partial charge in [0.2, 0.25) is 0 Å². The molecule has 0 bridgehead atoms. The molecule has 11 aromatic carbocycles. The van der Waals surface area contributed by atoms with Crippen LogP contribution in [0.25, 0.3) is 83.5 Å². The van der Waals surface area contributed by atoms with E-state index in [9.17, 15) is 21.0 Å². The highest BCUT2D eigenvalue weighted by Gasteiger charge is 2.35. The minimum atomic E-state index is -0.0799. The van der Waals surface area contributed by atoms with E-state index in [1.165, 1.54) is 0 Å². The van der Waals surface area contributed by atoms with Gasteiger partial charge in [-0.05, 0) is 150 Å². The molecule has 1 aliphatic carbocycles. The molecule has 8 nitrogen and oxygen atoms in total. The van der Waals surface area contributed by atoms with Crippen LogP contribution >= 0.6 is 0 Å². The highest BCUT2D eigenvalue weighted by molar-refractivity contribution is 6.14. The molecule has 0 amide bonds. The van der Waals surface area contributed by atoms with E-state index in [2.05, 4.69) is 219 Å². The quantitative estimate of drug-likeness (QED) is 0.128. The van der Waals surface area contributed by atoms with Crippen LogP contribution in [0.5, 0.6) is 0 Å². The summed E-state index contributed by atoms with van der Waals surface area (Å²) in [4.78, 5) is 4.67. The molecule has 84 heavy (non-hydrogen) atoms. The minimum absolute atomic E-state index is 0.0799. The Labute approximate surface area is 486 Å². The summed E-state index contributed by atoms with van der Waals surface area (Å²) < 4.78 is 4.67. The standard InChI is InChI=1S/C76H48N8/c77-47-51-29-35-54(36-30-51)72-67(50-80)73(55-37-31-52(48-78)32-38-55)76(84-69-28-16-14-26-64(69)66-46-62(42-44-71(66)84)82(59-21-9-3-10-22-59)60-23-11-4-12-24-60)74(56-39-33-53(49-79)34-40-56)75(72)83-68-27-15-13-25-63(68)65-45-61(41-43-70(65)83)81(57-17-5-1-6-18-57)58-19-7-2-8-20-58/h1-45,62H,46H2/t62-/m1/s1. The lowest BCUT2D eigenvalue weighted by atomic mass is 9.83. The van der Waals surface area contributed by atoms with Crippen molar-refractivity contribution < 1.29 is 0 Å². The summed E-state index contributed by atoms with van der Waals surface area (Å²) in [7, 11) is 0. The Morgan fingerprint density at radius 3 is 1.26 bits per heavy atom. The van der Waals surface area contributed by atoms with Crippen LogP contribution in [0.3, 0.4) is 0 Å². The number of benzene rings is 11. The topological polar surface area (TPSA) is 112 Å². The molecule has 0 unspecified atom stereocenters. The van der Waals surface area contributed by atoms with Crippen molar-refractivity contribution in [3.8, 4) is 69.0 Å². The van der Waals surface area contributed by atoms with Gasteiger partial charge in [0, 0.05) is 67.0 Å². The van der Waals surface area contributed by atoms with E-state index in [4.69, 9.17) is 0 Å². The second kappa shape index (κ2) is 21.3. The normalized spacial score (nSPS) is 12.5. The fourth-order valence-electron chi connectivity index (χ4n) is 12.5. The highest BCUT2D eigenvalue weighted by atomic mass is 15.2. The molecule has 0 saturated heterocycles. The highest BCUT2D eigenvalue weighted by Crippen LogP contribution is 2.53. The first-order valence-corrected chi connectivity index (χ1v) is 27.8. The van der Waals surface area contributed by atoms with E-state index in [1.807, 2.05) is 97.1 Å². The van der Waals surface area contributed by atoms with Gasteiger partial charge in [-0.15, -0.1) is 0 Å². The zero-order chi connectivity index (χ0) is 56.7. The number of fused-ring (bicyclic) bond motifs is 6. The molecule has 2 aromatic heterocycles. The predicted octanol–water partition coefficient (Wildman–Crippen LogP) is 18.5. The maximum Gasteiger partial charge on any atom is 0.101 e. The van der Waals surface area contributed by atoms with Crippen LogP contribution in [0.15, 0.2) is 267 Å². The molecule has 1 atom stereocenters. The summed E-state index contributed by atoms with van der Waals surface area (Å²) in [6, 6.07) is 97.9. The maximum absolute atomic E-state index is 12.4. The number of para-hydroxylation sites is 6. The lowest BCUT2D eigenvalue weighted by molar-refractivity contribution is 0.766. The average molecular weight is 1070 g/mol. The molecule has 13 aromatic rings. The fourth-order valence-corrected chi connectivity index (χ4v) is 12.5. The molecule has 0 spiro atoms. The van der Waals surface area contributed by atoms with Crippen LogP contribution in [0.2, 0.25) is 0 Å². The van der Waals surface area contributed by atoms with Crippen LogP contribution in [-0.2, 0) is 6.42 Å². The van der Waals surface area contributed by atoms with Crippen LogP contribution in [-0.4, -0.2) is 15.2 Å². The van der Waals surface area contributed by atoms with Crippen LogP contribution in [0.1, 0.15) is 33.5 Å². The van der Waals surface area contributed by atoms with Crippen LogP contribution in [0, 0.1) is 45.3 Å². The largest absolute Gasteiger partial charge is 0.334 e. The third-order valence-electron chi connectivity index (χ3n) is 16.2. The second-order valence-electron chi connectivity index (χ2n) is 20.8. The number of nitrogens with zero attached hydrogens (tertiary/aromatic N) is 8. The summed E-state index contributed by atoms with van der Waals surface area (Å²) in [5, 5.41) is 46.3. The van der Waals surface area contributed by atoms with Gasteiger partial charge in [0.15, 0.2) is 0 Å². The van der Waals surface area contributed by atoms with Gasteiger partial charge in [-0.3, -0.25) is 0 Å². The van der Waals surface area contributed by atoms with E-state index in [-0.39, 0.29) is 6.04 Å². The van der Waals surface area contributed by atoms with Crippen molar-refractivity contribution in [1.29, 1.82) is 21.0 Å². The number of rotatable bonds is 11. The number of nitriles is 4. The van der Waals surface area contributed by atoms with Crippen molar-refractivity contribution in [2.24, 2.45) is 0 Å². The van der Waals surface area contributed by atoms with E-state index < -0.39 is 0 Å². The van der Waals surface area contributed by atoms with Crippen molar-refractivity contribution in [2.45, 2.75) is 12.5 Å². The summed E-state index contributed by atoms with van der Waals surface area (Å²) >= 11 is 0. The minimum Gasteiger partial charge on any atom is -0.334 e. The van der Waals surface area contributed by atoms with Gasteiger partial charge in [-0.2, -0.15) is 21.0 Å². The summed E-state index contributed by atoms with van der Waals surface area (Å²) in [6.45, 7) is 0. The second-order valence-corrected chi connectivity index (χ2v) is 20.8. The van der Waals surface area contributed by atoms with Crippen LogP contribution < -0.4 is 9.80 Å². The van der Waals surface area contributed by atoms with Gasteiger partial charge < -0.3 is 18.9 Å². The third-order valence-corrected chi connectivity index (χ3v) is 16.2. The number of anilines is 5. The Kier molecular flexibility index (Phi) is 12.7. The molecule has 392 valence electrons. The smallest absolute Gasteiger partial charge is 0.101 e. The van der Waals surface area contributed by atoms with Gasteiger partial charge in [-0.1, -0.05) is 152 Å². The monoisotopic (exact) mass is 1070 g/mol. The Hall–Kier alpha value is -11.9. The molecule has 0 N–H and O–H groups in total. The van der Waals surface area contributed by atoms with Gasteiger partial charge in [0.05, 0.1) is 74.4 Å². The zero-order valence-corrected chi connectivity index (χ0v) is 45.3. The van der Waals surface area contributed by atoms with E-state index in [0.717, 1.165) is 106 Å². The van der Waals surface area contributed by atoms with E-state index >= 15 is 0 Å². The Bertz CT molecular complexity index is 4800. The van der Waals surface area contributed by atoms with Gasteiger partial charge in [0.25, 0.3) is 0 Å². The lowest BCUT2D eigenvalue weighted by Gasteiger charge is -2.34. The Morgan fingerprint density at radius 2 is 0.774 bits per heavy atom. The molecule has 14 rings (SSSR count). The van der Waals surface area contributed by atoms with Gasteiger partial charge in [0.1, 0.15) is 6.07 Å².